The topological polar surface area (TPSA) is 36.9 Å². The Labute approximate surface area is 152 Å². The minimum Gasteiger partial charge on any atom is -0.491 e. The number of rotatable bonds is 6. The quantitative estimate of drug-likeness (QED) is 0.744. The van der Waals surface area contributed by atoms with E-state index in [0.717, 1.165) is 29.9 Å². The van der Waals surface area contributed by atoms with Crippen molar-refractivity contribution in [3.63, 3.8) is 0 Å². The zero-order valence-electron chi connectivity index (χ0n) is 13.9. The van der Waals surface area contributed by atoms with Crippen LogP contribution in [0.15, 0.2) is 48.5 Å². The highest BCUT2D eigenvalue weighted by molar-refractivity contribution is 6.30. The molecule has 0 spiro atoms. The van der Waals surface area contributed by atoms with E-state index in [2.05, 4.69) is 0 Å². The second-order valence-corrected chi connectivity index (χ2v) is 6.86. The lowest BCUT2D eigenvalue weighted by Gasteiger charge is -2.26. The fourth-order valence-corrected chi connectivity index (χ4v) is 2.94. The van der Waals surface area contributed by atoms with E-state index in [9.17, 15) is 0 Å². The average molecular weight is 361 g/mol. The lowest BCUT2D eigenvalue weighted by atomic mass is 9.96. The normalized spacial score (nSPS) is 23.2. The largest absolute Gasteiger partial charge is 0.491 e. The minimum absolute atomic E-state index is 0.0911. The highest BCUT2D eigenvalue weighted by atomic mass is 35.5. The molecule has 2 atom stereocenters. The molecule has 25 heavy (non-hydrogen) atoms. The van der Waals surface area contributed by atoms with Gasteiger partial charge in [-0.3, -0.25) is 0 Å². The molecular weight excluding hydrogens is 340 g/mol. The van der Waals surface area contributed by atoms with Gasteiger partial charge in [-0.2, -0.15) is 0 Å². The van der Waals surface area contributed by atoms with Crippen molar-refractivity contribution in [3.8, 4) is 11.5 Å². The van der Waals surface area contributed by atoms with Crippen LogP contribution in [-0.2, 0) is 9.47 Å². The SMILES string of the molecule is Clc1ccc(C2OCC(COc3ccc(OC4CCC4)cc3)O2)cc1. The van der Waals surface area contributed by atoms with Gasteiger partial charge in [0.05, 0.1) is 12.7 Å². The summed E-state index contributed by atoms with van der Waals surface area (Å²) in [6.07, 6.45) is 3.53. The first-order valence-corrected chi connectivity index (χ1v) is 9.06. The maximum absolute atomic E-state index is 5.90. The molecule has 1 aliphatic heterocycles. The van der Waals surface area contributed by atoms with Crippen LogP contribution in [0.5, 0.6) is 11.5 Å². The second-order valence-electron chi connectivity index (χ2n) is 6.43. The van der Waals surface area contributed by atoms with E-state index in [1.807, 2.05) is 48.5 Å². The van der Waals surface area contributed by atoms with Crippen LogP contribution in [0.4, 0.5) is 0 Å². The first kappa shape index (κ1) is 16.7. The molecule has 4 rings (SSSR count). The summed E-state index contributed by atoms with van der Waals surface area (Å²) in [7, 11) is 0. The van der Waals surface area contributed by atoms with Crippen molar-refractivity contribution in [2.75, 3.05) is 13.2 Å². The molecule has 132 valence electrons. The molecule has 2 aromatic rings. The molecule has 0 amide bonds. The molecule has 0 aromatic heterocycles. The molecule has 5 heteroatoms. The Morgan fingerprint density at radius 3 is 2.36 bits per heavy atom. The van der Waals surface area contributed by atoms with Gasteiger partial charge in [0.2, 0.25) is 0 Å². The summed E-state index contributed by atoms with van der Waals surface area (Å²) in [5.41, 5.74) is 0.962. The van der Waals surface area contributed by atoms with Crippen LogP contribution in [0, 0.1) is 0 Å². The van der Waals surface area contributed by atoms with E-state index in [1.165, 1.54) is 6.42 Å². The van der Waals surface area contributed by atoms with Gasteiger partial charge < -0.3 is 18.9 Å². The summed E-state index contributed by atoms with van der Waals surface area (Å²) in [5, 5.41) is 0.700. The van der Waals surface area contributed by atoms with Crippen LogP contribution in [0.2, 0.25) is 5.02 Å². The Morgan fingerprint density at radius 2 is 1.68 bits per heavy atom. The van der Waals surface area contributed by atoms with Gasteiger partial charge in [0.25, 0.3) is 0 Å². The highest BCUT2D eigenvalue weighted by Gasteiger charge is 2.27. The van der Waals surface area contributed by atoms with Crippen LogP contribution >= 0.6 is 11.6 Å². The number of halogens is 1. The molecule has 0 N–H and O–H groups in total. The highest BCUT2D eigenvalue weighted by Crippen LogP contribution is 2.29. The van der Waals surface area contributed by atoms with Gasteiger partial charge in [-0.05, 0) is 55.7 Å². The molecule has 2 unspecified atom stereocenters. The van der Waals surface area contributed by atoms with Crippen molar-refractivity contribution in [1.29, 1.82) is 0 Å². The van der Waals surface area contributed by atoms with Gasteiger partial charge in [0, 0.05) is 10.6 Å². The standard InChI is InChI=1S/C20H21ClO4/c21-15-6-4-14(5-7-15)20-23-13-19(25-20)12-22-16-8-10-18(11-9-16)24-17-2-1-3-17/h4-11,17,19-20H,1-3,12-13H2. The molecule has 1 saturated carbocycles. The zero-order valence-corrected chi connectivity index (χ0v) is 14.7. The van der Waals surface area contributed by atoms with Crippen molar-refractivity contribution in [2.24, 2.45) is 0 Å². The fraction of sp³-hybridized carbons (Fsp3) is 0.400. The average Bonchev–Trinajstić information content (AvgIpc) is 3.07. The Hall–Kier alpha value is -1.75. The van der Waals surface area contributed by atoms with E-state index in [0.29, 0.717) is 24.3 Å². The predicted molar refractivity (Wildman–Crippen MR) is 95.2 cm³/mol. The molecule has 0 bridgehead atoms. The monoisotopic (exact) mass is 360 g/mol. The molecule has 2 aliphatic rings. The van der Waals surface area contributed by atoms with Crippen LogP contribution < -0.4 is 9.47 Å². The Bertz CT molecular complexity index is 682. The van der Waals surface area contributed by atoms with Crippen molar-refractivity contribution < 1.29 is 18.9 Å². The maximum atomic E-state index is 5.90. The van der Waals surface area contributed by atoms with Crippen molar-refractivity contribution >= 4 is 11.6 Å². The third-order valence-corrected chi connectivity index (χ3v) is 4.76. The van der Waals surface area contributed by atoms with E-state index >= 15 is 0 Å². The number of hydrogen-bond donors (Lipinski definition) is 0. The first-order chi connectivity index (χ1) is 12.3. The molecule has 2 fully saturated rings. The molecule has 0 radical (unpaired) electrons. The zero-order chi connectivity index (χ0) is 17.1. The second kappa shape index (κ2) is 7.65. The molecule has 1 aliphatic carbocycles. The molecular formula is C20H21ClO4. The van der Waals surface area contributed by atoms with Gasteiger partial charge in [0.15, 0.2) is 6.29 Å². The smallest absolute Gasteiger partial charge is 0.184 e. The van der Waals surface area contributed by atoms with E-state index in [4.69, 9.17) is 30.5 Å². The van der Waals surface area contributed by atoms with E-state index in [-0.39, 0.29) is 12.4 Å². The lowest BCUT2D eigenvalue weighted by Crippen LogP contribution is -2.24. The predicted octanol–water partition coefficient (Wildman–Crippen LogP) is 4.76. The Balaban J connectivity index is 1.25. The summed E-state index contributed by atoms with van der Waals surface area (Å²) >= 11 is 5.90. The molecule has 1 saturated heterocycles. The number of ether oxygens (including phenoxy) is 4. The van der Waals surface area contributed by atoms with Gasteiger partial charge in [-0.15, -0.1) is 0 Å². The maximum Gasteiger partial charge on any atom is 0.184 e. The van der Waals surface area contributed by atoms with Crippen LogP contribution in [0.1, 0.15) is 31.1 Å². The van der Waals surface area contributed by atoms with Crippen molar-refractivity contribution in [3.05, 3.63) is 59.1 Å². The number of benzene rings is 2. The summed E-state index contributed by atoms with van der Waals surface area (Å²) in [6.45, 7) is 0.961. The van der Waals surface area contributed by atoms with Gasteiger partial charge in [0.1, 0.15) is 24.2 Å². The van der Waals surface area contributed by atoms with Crippen LogP contribution in [-0.4, -0.2) is 25.4 Å². The van der Waals surface area contributed by atoms with Crippen LogP contribution in [0.3, 0.4) is 0 Å². The number of hydrogen-bond acceptors (Lipinski definition) is 4. The summed E-state index contributed by atoms with van der Waals surface area (Å²) in [5.74, 6) is 1.71. The molecule has 2 aromatic carbocycles. The summed E-state index contributed by atoms with van der Waals surface area (Å²) in [6, 6.07) is 15.3. The third-order valence-electron chi connectivity index (χ3n) is 4.51. The Kier molecular flexibility index (Phi) is 5.11. The van der Waals surface area contributed by atoms with Crippen LogP contribution in [0.25, 0.3) is 0 Å². The fourth-order valence-electron chi connectivity index (χ4n) is 2.81. The van der Waals surface area contributed by atoms with Gasteiger partial charge in [-0.1, -0.05) is 23.7 Å². The molecule has 4 nitrogen and oxygen atoms in total. The third kappa shape index (κ3) is 4.27. The van der Waals surface area contributed by atoms with E-state index in [1.54, 1.807) is 0 Å². The summed E-state index contributed by atoms with van der Waals surface area (Å²) < 4.78 is 23.2. The van der Waals surface area contributed by atoms with Crippen molar-refractivity contribution in [1.82, 2.24) is 0 Å². The van der Waals surface area contributed by atoms with Gasteiger partial charge >= 0.3 is 0 Å². The molecule has 1 heterocycles. The minimum atomic E-state index is -0.357. The lowest BCUT2D eigenvalue weighted by molar-refractivity contribution is -0.0659. The Morgan fingerprint density at radius 1 is 0.960 bits per heavy atom. The van der Waals surface area contributed by atoms with Gasteiger partial charge in [-0.25, -0.2) is 0 Å². The first-order valence-electron chi connectivity index (χ1n) is 8.68. The van der Waals surface area contributed by atoms with Crippen molar-refractivity contribution in [2.45, 2.75) is 37.8 Å². The summed E-state index contributed by atoms with van der Waals surface area (Å²) in [4.78, 5) is 0. The van der Waals surface area contributed by atoms with E-state index < -0.39 is 0 Å².